The molecule has 2 aromatic rings. The molecule has 28 heavy (non-hydrogen) atoms. The molecule has 0 saturated carbocycles. The summed E-state index contributed by atoms with van der Waals surface area (Å²) in [6.45, 7) is 4.58. The van der Waals surface area contributed by atoms with Crippen molar-refractivity contribution in [3.05, 3.63) is 71.8 Å². The van der Waals surface area contributed by atoms with E-state index in [0.717, 1.165) is 12.3 Å². The number of halogens is 1. The fourth-order valence-corrected chi connectivity index (χ4v) is 11.2. The Morgan fingerprint density at radius 1 is 0.571 bits per heavy atom. The zero-order chi connectivity index (χ0) is 20.2. The van der Waals surface area contributed by atoms with Crippen LogP contribution in [0.4, 0.5) is 0 Å². The predicted molar refractivity (Wildman–Crippen MR) is 131 cm³/mol. The monoisotopic (exact) mass is 418 g/mol. The number of hydrogen-bond donors (Lipinski definition) is 0. The first-order valence-corrected chi connectivity index (χ1v) is 15.3. The molecule has 0 heterocycles. The van der Waals surface area contributed by atoms with Gasteiger partial charge in [0.25, 0.3) is 0 Å². The molecule has 0 saturated heterocycles. The van der Waals surface area contributed by atoms with Crippen LogP contribution in [0.25, 0.3) is 0 Å². The van der Waals surface area contributed by atoms with E-state index in [2.05, 4.69) is 74.5 Å². The fraction of sp³-hybridized carbons (Fsp3) is 0.538. The van der Waals surface area contributed by atoms with Crippen LogP contribution >= 0.6 is 17.2 Å². The van der Waals surface area contributed by atoms with Crippen LogP contribution in [0.15, 0.2) is 60.7 Å². The molecule has 0 aromatic heterocycles. The van der Waals surface area contributed by atoms with Crippen LogP contribution in [0, 0.1) is 0 Å². The molecule has 0 fully saturated rings. The van der Waals surface area contributed by atoms with Gasteiger partial charge in [-0.25, -0.2) is 0 Å². The first-order chi connectivity index (χ1) is 13.6. The first-order valence-electron chi connectivity index (χ1n) is 11.4. The van der Waals surface area contributed by atoms with E-state index in [9.17, 15) is 0 Å². The van der Waals surface area contributed by atoms with E-state index in [4.69, 9.17) is 11.2 Å². The summed E-state index contributed by atoms with van der Waals surface area (Å²) in [5, 5.41) is 0. The van der Waals surface area contributed by atoms with Crippen LogP contribution in [-0.2, 0) is 12.3 Å². The average molecular weight is 419 g/mol. The topological polar surface area (TPSA) is 0 Å². The van der Waals surface area contributed by atoms with Crippen molar-refractivity contribution in [2.45, 2.75) is 77.5 Å². The molecule has 0 amide bonds. The molecular formula is C26H40ClP. The van der Waals surface area contributed by atoms with Gasteiger partial charge in [0.05, 0.1) is 0 Å². The van der Waals surface area contributed by atoms with E-state index in [0.29, 0.717) is 0 Å². The normalized spacial score (nSPS) is 13.2. The Kier molecular flexibility index (Phi) is 10.0. The van der Waals surface area contributed by atoms with Crippen LogP contribution < -0.4 is 0 Å². The van der Waals surface area contributed by atoms with E-state index in [1.807, 2.05) is 0 Å². The standard InChI is InChI=1S/C26H40ClP/c1-3-5-7-15-21-28(27,22-16-8-6-4-2,23-25-17-11-9-12-18-25)24-26-19-13-10-14-20-26/h9-14,17-20H,3-8,15-16,21-24H2,1-2H3. The summed E-state index contributed by atoms with van der Waals surface area (Å²) in [6, 6.07) is 22.1. The van der Waals surface area contributed by atoms with Crippen molar-refractivity contribution in [1.29, 1.82) is 0 Å². The van der Waals surface area contributed by atoms with Crippen molar-refractivity contribution in [1.82, 2.24) is 0 Å². The minimum absolute atomic E-state index is 1.08. The summed E-state index contributed by atoms with van der Waals surface area (Å²) in [4.78, 5) is 0. The molecule has 0 aliphatic carbocycles. The van der Waals surface area contributed by atoms with Crippen LogP contribution in [0.3, 0.4) is 0 Å². The third kappa shape index (κ3) is 7.88. The zero-order valence-corrected chi connectivity index (χ0v) is 19.7. The van der Waals surface area contributed by atoms with Crippen LogP contribution in [0.2, 0.25) is 0 Å². The van der Waals surface area contributed by atoms with Gasteiger partial charge >= 0.3 is 179 Å². The van der Waals surface area contributed by atoms with E-state index >= 15 is 0 Å². The molecule has 2 aromatic carbocycles. The Hall–Kier alpha value is -0.840. The Morgan fingerprint density at radius 2 is 0.964 bits per heavy atom. The van der Waals surface area contributed by atoms with Gasteiger partial charge in [-0.2, -0.15) is 0 Å². The molecule has 0 aliphatic rings. The number of benzene rings is 2. The van der Waals surface area contributed by atoms with Crippen LogP contribution in [0.1, 0.15) is 76.3 Å². The van der Waals surface area contributed by atoms with Crippen molar-refractivity contribution < 1.29 is 0 Å². The van der Waals surface area contributed by atoms with Gasteiger partial charge in [0.1, 0.15) is 0 Å². The second kappa shape index (κ2) is 12.0. The molecule has 0 spiro atoms. The second-order valence-corrected chi connectivity index (χ2v) is 16.7. The Labute approximate surface area is 178 Å². The Bertz CT molecular complexity index is 595. The van der Waals surface area contributed by atoms with Gasteiger partial charge in [-0.05, 0) is 0 Å². The molecule has 0 nitrogen and oxygen atoms in total. The minimum atomic E-state index is -2.40. The van der Waals surface area contributed by atoms with Crippen molar-refractivity contribution in [3.63, 3.8) is 0 Å². The maximum absolute atomic E-state index is 7.96. The molecule has 0 aliphatic heterocycles. The van der Waals surface area contributed by atoms with E-state index < -0.39 is 5.96 Å². The van der Waals surface area contributed by atoms with Gasteiger partial charge in [-0.1, -0.05) is 0 Å². The molecule has 0 N–H and O–H groups in total. The molecule has 0 radical (unpaired) electrons. The van der Waals surface area contributed by atoms with Crippen molar-refractivity contribution in [2.24, 2.45) is 0 Å². The average Bonchev–Trinajstić information content (AvgIpc) is 2.70. The third-order valence-corrected chi connectivity index (χ3v) is 12.9. The molecule has 2 rings (SSSR count). The van der Waals surface area contributed by atoms with Crippen molar-refractivity contribution in [3.8, 4) is 0 Å². The molecule has 0 atom stereocenters. The predicted octanol–water partition coefficient (Wildman–Crippen LogP) is 9.25. The molecule has 156 valence electrons. The number of hydrogen-bond acceptors (Lipinski definition) is 0. The second-order valence-electron chi connectivity index (χ2n) is 8.68. The summed E-state index contributed by atoms with van der Waals surface area (Å²) in [5.41, 5.74) is 2.86. The third-order valence-electron chi connectivity index (χ3n) is 5.98. The molecular weight excluding hydrogens is 379 g/mol. The van der Waals surface area contributed by atoms with E-state index in [-0.39, 0.29) is 0 Å². The van der Waals surface area contributed by atoms with Gasteiger partial charge in [-0.3, -0.25) is 0 Å². The van der Waals surface area contributed by atoms with Gasteiger partial charge in [-0.15, -0.1) is 0 Å². The summed E-state index contributed by atoms with van der Waals surface area (Å²) in [7, 11) is 0. The summed E-state index contributed by atoms with van der Waals surface area (Å²) in [5.74, 6) is -2.40. The van der Waals surface area contributed by atoms with Gasteiger partial charge < -0.3 is 0 Å². The summed E-state index contributed by atoms with van der Waals surface area (Å²) >= 11 is 7.96. The van der Waals surface area contributed by atoms with Gasteiger partial charge in [0.15, 0.2) is 0 Å². The van der Waals surface area contributed by atoms with Crippen LogP contribution in [-0.4, -0.2) is 12.3 Å². The Balaban J connectivity index is 2.30. The first kappa shape index (κ1) is 23.4. The van der Waals surface area contributed by atoms with Gasteiger partial charge in [0, 0.05) is 0 Å². The maximum atomic E-state index is 7.96. The van der Waals surface area contributed by atoms with Gasteiger partial charge in [0.2, 0.25) is 0 Å². The van der Waals surface area contributed by atoms with Crippen molar-refractivity contribution in [2.75, 3.05) is 12.3 Å². The van der Waals surface area contributed by atoms with Crippen molar-refractivity contribution >= 4 is 17.2 Å². The zero-order valence-electron chi connectivity index (χ0n) is 18.1. The fourth-order valence-electron chi connectivity index (χ4n) is 4.43. The summed E-state index contributed by atoms with van der Waals surface area (Å²) in [6.07, 6.45) is 15.0. The quantitative estimate of drug-likeness (QED) is 0.212. The number of rotatable bonds is 14. The van der Waals surface area contributed by atoms with E-state index in [1.165, 1.54) is 74.8 Å². The molecule has 0 bridgehead atoms. The summed E-state index contributed by atoms with van der Waals surface area (Å²) < 4.78 is 0. The Morgan fingerprint density at radius 3 is 1.32 bits per heavy atom. The SMILES string of the molecule is CCCCCCP(Cl)(CCCCCC)(Cc1ccccc1)Cc1ccccc1. The van der Waals surface area contributed by atoms with E-state index in [1.54, 1.807) is 0 Å². The number of unbranched alkanes of at least 4 members (excludes halogenated alkanes) is 6. The molecule has 0 unspecified atom stereocenters. The van der Waals surface area contributed by atoms with Crippen LogP contribution in [0.5, 0.6) is 0 Å². The molecule has 2 heteroatoms.